The average molecular weight is 355 g/mol. The second kappa shape index (κ2) is 6.49. The maximum absolute atomic E-state index is 13.2. The molecule has 6 nitrogen and oxygen atoms in total. The minimum Gasteiger partial charge on any atom is -0.375 e. The number of rotatable bonds is 2. The molecule has 1 aromatic carbocycles. The maximum atomic E-state index is 13.2. The summed E-state index contributed by atoms with van der Waals surface area (Å²) in [6, 6.07) is 7.69. The molecule has 4 rings (SSSR count). The summed E-state index contributed by atoms with van der Waals surface area (Å²) in [6.45, 7) is 5.29. The molecule has 1 aliphatic heterocycles. The Balaban J connectivity index is 1.82. The van der Waals surface area contributed by atoms with Gasteiger partial charge in [0.15, 0.2) is 0 Å². The molecule has 1 fully saturated rings. The Labute approximate surface area is 149 Å². The summed E-state index contributed by atoms with van der Waals surface area (Å²) in [6.07, 6.45) is -0.00910. The number of aryl methyl sites for hydroxylation is 1. The van der Waals surface area contributed by atoms with Crippen LogP contribution in [-0.2, 0) is 4.74 Å². The highest BCUT2D eigenvalue weighted by Crippen LogP contribution is 2.28. The summed E-state index contributed by atoms with van der Waals surface area (Å²) in [5.41, 5.74) is 2.64. The van der Waals surface area contributed by atoms with Crippen LogP contribution in [0.4, 0.5) is 4.39 Å². The number of aromatic nitrogens is 2. The molecule has 7 heteroatoms. The average Bonchev–Trinajstić information content (AvgIpc) is 3.02. The first-order chi connectivity index (χ1) is 12.5. The zero-order valence-corrected chi connectivity index (χ0v) is 14.5. The SMILES string of the molecule is Cc1noc2nc(-c3ccc(F)cc3)cc(C(=O)N3CCOC(C)C3)c12. The monoisotopic (exact) mass is 355 g/mol. The Hall–Kier alpha value is -2.80. The number of fused-ring (bicyclic) bond motifs is 1. The van der Waals surface area contributed by atoms with Crippen LogP contribution in [0.25, 0.3) is 22.4 Å². The van der Waals surface area contributed by atoms with Crippen LogP contribution in [0.2, 0.25) is 0 Å². The smallest absolute Gasteiger partial charge is 0.259 e. The molecule has 1 unspecified atom stereocenters. The van der Waals surface area contributed by atoms with Crippen LogP contribution in [0.3, 0.4) is 0 Å². The molecule has 0 N–H and O–H groups in total. The van der Waals surface area contributed by atoms with E-state index in [0.29, 0.717) is 53.3 Å². The highest BCUT2D eigenvalue weighted by atomic mass is 19.1. The number of benzene rings is 1. The van der Waals surface area contributed by atoms with Gasteiger partial charge >= 0.3 is 0 Å². The predicted octanol–water partition coefficient (Wildman–Crippen LogP) is 3.20. The van der Waals surface area contributed by atoms with E-state index >= 15 is 0 Å². The second-order valence-electron chi connectivity index (χ2n) is 6.44. The van der Waals surface area contributed by atoms with Crippen molar-refractivity contribution in [1.82, 2.24) is 15.0 Å². The third-order valence-corrected chi connectivity index (χ3v) is 4.52. The number of ether oxygens (including phenoxy) is 1. The number of hydrogen-bond donors (Lipinski definition) is 0. The number of carbonyl (C=O) groups is 1. The Kier molecular flexibility index (Phi) is 4.16. The quantitative estimate of drug-likeness (QED) is 0.706. The van der Waals surface area contributed by atoms with E-state index in [9.17, 15) is 9.18 Å². The molecule has 3 heterocycles. The molecular formula is C19H18FN3O3. The van der Waals surface area contributed by atoms with Crippen molar-refractivity contribution in [3.8, 4) is 11.3 Å². The van der Waals surface area contributed by atoms with Crippen LogP contribution >= 0.6 is 0 Å². The fourth-order valence-corrected chi connectivity index (χ4v) is 3.21. The van der Waals surface area contributed by atoms with E-state index in [-0.39, 0.29) is 17.8 Å². The highest BCUT2D eigenvalue weighted by Gasteiger charge is 2.26. The fourth-order valence-electron chi connectivity index (χ4n) is 3.21. The van der Waals surface area contributed by atoms with E-state index in [0.717, 1.165) is 0 Å². The summed E-state index contributed by atoms with van der Waals surface area (Å²) in [4.78, 5) is 19.4. The zero-order valence-electron chi connectivity index (χ0n) is 14.5. The Morgan fingerprint density at radius 1 is 1.31 bits per heavy atom. The molecule has 0 saturated carbocycles. The molecule has 1 aliphatic rings. The predicted molar refractivity (Wildman–Crippen MR) is 93.3 cm³/mol. The number of hydrogen-bond acceptors (Lipinski definition) is 5. The highest BCUT2D eigenvalue weighted by molar-refractivity contribution is 6.07. The lowest BCUT2D eigenvalue weighted by Gasteiger charge is -2.31. The van der Waals surface area contributed by atoms with Gasteiger partial charge in [-0.1, -0.05) is 5.16 Å². The van der Waals surface area contributed by atoms with Gasteiger partial charge in [-0.25, -0.2) is 9.37 Å². The Morgan fingerprint density at radius 2 is 2.08 bits per heavy atom. The van der Waals surface area contributed by atoms with Crippen LogP contribution in [0, 0.1) is 12.7 Å². The van der Waals surface area contributed by atoms with Crippen LogP contribution in [-0.4, -0.2) is 46.7 Å². The van der Waals surface area contributed by atoms with Crippen molar-refractivity contribution in [3.05, 3.63) is 47.4 Å². The summed E-state index contributed by atoms with van der Waals surface area (Å²) < 4.78 is 24.0. The lowest BCUT2D eigenvalue weighted by atomic mass is 10.0. The largest absolute Gasteiger partial charge is 0.375 e. The minimum absolute atomic E-state index is 0.00910. The summed E-state index contributed by atoms with van der Waals surface area (Å²) in [7, 11) is 0. The minimum atomic E-state index is -0.330. The van der Waals surface area contributed by atoms with E-state index in [1.807, 2.05) is 6.92 Å². The first kappa shape index (κ1) is 16.7. The first-order valence-corrected chi connectivity index (χ1v) is 8.47. The summed E-state index contributed by atoms with van der Waals surface area (Å²) in [5.74, 6) is -0.439. The molecular weight excluding hydrogens is 337 g/mol. The van der Waals surface area contributed by atoms with Gasteiger partial charge in [0.1, 0.15) is 5.82 Å². The molecule has 0 spiro atoms. The molecule has 26 heavy (non-hydrogen) atoms. The van der Waals surface area contributed by atoms with E-state index in [4.69, 9.17) is 9.26 Å². The van der Waals surface area contributed by atoms with Gasteiger partial charge in [0.25, 0.3) is 11.6 Å². The van der Waals surface area contributed by atoms with Gasteiger partial charge in [-0.05, 0) is 44.2 Å². The number of amides is 1. The molecule has 1 atom stereocenters. The summed E-state index contributed by atoms with van der Waals surface area (Å²) in [5, 5.41) is 4.57. The van der Waals surface area contributed by atoms with Crippen LogP contribution in [0.15, 0.2) is 34.9 Å². The molecule has 0 aliphatic carbocycles. The standard InChI is InChI=1S/C19H18FN3O3/c1-11-10-23(7-8-25-11)19(24)15-9-16(13-3-5-14(20)6-4-13)21-18-17(15)12(2)22-26-18/h3-6,9,11H,7-8,10H2,1-2H3. The number of carbonyl (C=O) groups excluding carboxylic acids is 1. The van der Waals surface area contributed by atoms with Crippen molar-refractivity contribution in [2.24, 2.45) is 0 Å². The lowest BCUT2D eigenvalue weighted by Crippen LogP contribution is -2.44. The van der Waals surface area contributed by atoms with Crippen LogP contribution in [0.1, 0.15) is 23.0 Å². The van der Waals surface area contributed by atoms with E-state index < -0.39 is 0 Å². The van der Waals surface area contributed by atoms with Crippen LogP contribution in [0.5, 0.6) is 0 Å². The molecule has 3 aromatic rings. The van der Waals surface area contributed by atoms with E-state index in [1.165, 1.54) is 12.1 Å². The van der Waals surface area contributed by atoms with Gasteiger partial charge in [-0.2, -0.15) is 0 Å². The Bertz CT molecular complexity index is 968. The van der Waals surface area contributed by atoms with E-state index in [1.54, 1.807) is 30.0 Å². The fraction of sp³-hybridized carbons (Fsp3) is 0.316. The van der Waals surface area contributed by atoms with E-state index in [2.05, 4.69) is 10.1 Å². The van der Waals surface area contributed by atoms with Gasteiger partial charge in [0.05, 0.1) is 35.0 Å². The normalized spacial score (nSPS) is 17.7. The van der Waals surface area contributed by atoms with Crippen molar-refractivity contribution >= 4 is 17.0 Å². The third kappa shape index (κ3) is 2.94. The number of halogens is 1. The van der Waals surface area contributed by atoms with Gasteiger partial charge in [0.2, 0.25) is 0 Å². The van der Waals surface area contributed by atoms with Gasteiger partial charge in [0, 0.05) is 18.7 Å². The molecule has 134 valence electrons. The van der Waals surface area contributed by atoms with Gasteiger partial charge in [-0.15, -0.1) is 0 Å². The molecule has 2 aromatic heterocycles. The molecule has 1 amide bonds. The second-order valence-corrected chi connectivity index (χ2v) is 6.44. The van der Waals surface area contributed by atoms with Gasteiger partial charge in [-0.3, -0.25) is 4.79 Å². The summed E-state index contributed by atoms with van der Waals surface area (Å²) >= 11 is 0. The van der Waals surface area contributed by atoms with Crippen molar-refractivity contribution in [2.75, 3.05) is 19.7 Å². The molecule has 1 saturated heterocycles. The van der Waals surface area contributed by atoms with Crippen molar-refractivity contribution in [1.29, 1.82) is 0 Å². The van der Waals surface area contributed by atoms with Crippen molar-refractivity contribution in [3.63, 3.8) is 0 Å². The topological polar surface area (TPSA) is 68.5 Å². The van der Waals surface area contributed by atoms with Crippen molar-refractivity contribution < 1.29 is 18.4 Å². The third-order valence-electron chi connectivity index (χ3n) is 4.52. The number of pyridine rings is 1. The zero-order chi connectivity index (χ0) is 18.3. The lowest BCUT2D eigenvalue weighted by molar-refractivity contribution is -0.0123. The molecule has 0 radical (unpaired) electrons. The maximum Gasteiger partial charge on any atom is 0.259 e. The molecule has 0 bridgehead atoms. The number of nitrogens with zero attached hydrogens (tertiary/aromatic N) is 3. The number of morpholine rings is 1. The Morgan fingerprint density at radius 3 is 2.81 bits per heavy atom. The van der Waals surface area contributed by atoms with Crippen molar-refractivity contribution in [2.45, 2.75) is 20.0 Å². The van der Waals surface area contributed by atoms with Gasteiger partial charge < -0.3 is 14.2 Å². The van der Waals surface area contributed by atoms with Crippen LogP contribution < -0.4 is 0 Å². The first-order valence-electron chi connectivity index (χ1n) is 8.47.